The van der Waals surface area contributed by atoms with E-state index < -0.39 is 23.9 Å². The summed E-state index contributed by atoms with van der Waals surface area (Å²) in [5.74, 6) is -0.791. The third-order valence-electron chi connectivity index (χ3n) is 3.27. The second-order valence-corrected chi connectivity index (χ2v) is 4.71. The summed E-state index contributed by atoms with van der Waals surface area (Å²) in [7, 11) is 0. The summed E-state index contributed by atoms with van der Waals surface area (Å²) >= 11 is 0. The highest BCUT2D eigenvalue weighted by Crippen LogP contribution is 2.37. The summed E-state index contributed by atoms with van der Waals surface area (Å²) in [6, 6.07) is 0. The van der Waals surface area contributed by atoms with Crippen LogP contribution in [-0.4, -0.2) is 25.2 Å². The molecule has 0 bridgehead atoms. The van der Waals surface area contributed by atoms with Crippen molar-refractivity contribution < 1.29 is 18.0 Å². The minimum Gasteiger partial charge on any atom is -0.369 e. The van der Waals surface area contributed by atoms with Gasteiger partial charge in [-0.3, -0.25) is 4.79 Å². The summed E-state index contributed by atoms with van der Waals surface area (Å²) in [6.45, 7) is 2.84. The molecule has 16 heavy (non-hydrogen) atoms. The van der Waals surface area contributed by atoms with Gasteiger partial charge in [0.1, 0.15) is 0 Å². The largest absolute Gasteiger partial charge is 0.389 e. The number of rotatable bonds is 4. The molecular weight excluding hydrogens is 221 g/mol. The Morgan fingerprint density at radius 3 is 2.69 bits per heavy atom. The summed E-state index contributed by atoms with van der Waals surface area (Å²) in [5.41, 5.74) is 4.80. The van der Waals surface area contributed by atoms with Crippen LogP contribution in [0.4, 0.5) is 13.2 Å². The van der Waals surface area contributed by atoms with E-state index in [1.54, 1.807) is 0 Å². The van der Waals surface area contributed by atoms with Crippen LogP contribution in [0.25, 0.3) is 0 Å². The minimum absolute atomic E-state index is 0.0471. The first-order chi connectivity index (χ1) is 7.25. The number of carbonyl (C=O) groups excluding carboxylic acids is 1. The Labute approximate surface area is 92.6 Å². The van der Waals surface area contributed by atoms with E-state index in [0.717, 1.165) is 0 Å². The van der Waals surface area contributed by atoms with E-state index in [9.17, 15) is 18.0 Å². The molecule has 1 aliphatic rings. The number of carbonyl (C=O) groups is 1. The summed E-state index contributed by atoms with van der Waals surface area (Å²) in [6.07, 6.45) is -4.50. The van der Waals surface area contributed by atoms with Crippen molar-refractivity contribution in [2.24, 2.45) is 17.1 Å². The standard InChI is InChI=1S/C10H17F3N2O/c1-9(3-2-4-10(11,12)13)6-15-5-7(9)8(14)16/h7,15H,2-6H2,1H3,(H2,14,16). The number of amides is 1. The zero-order valence-electron chi connectivity index (χ0n) is 9.23. The van der Waals surface area contributed by atoms with Gasteiger partial charge in [-0.2, -0.15) is 13.2 Å². The van der Waals surface area contributed by atoms with Crippen LogP contribution in [0.3, 0.4) is 0 Å². The summed E-state index contributed by atoms with van der Waals surface area (Å²) in [4.78, 5) is 11.1. The zero-order chi connectivity index (χ0) is 12.4. The van der Waals surface area contributed by atoms with Crippen molar-refractivity contribution in [1.29, 1.82) is 0 Å². The molecule has 1 fully saturated rings. The van der Waals surface area contributed by atoms with Crippen molar-refractivity contribution >= 4 is 5.91 Å². The number of alkyl halides is 3. The van der Waals surface area contributed by atoms with Gasteiger partial charge in [-0.25, -0.2) is 0 Å². The Bertz CT molecular complexity index is 267. The SMILES string of the molecule is CC1(CCCC(F)(F)F)CNCC1C(N)=O. The molecule has 1 aliphatic heterocycles. The predicted octanol–water partition coefficient (Wildman–Crippen LogP) is 1.43. The van der Waals surface area contributed by atoms with E-state index in [1.807, 2.05) is 6.92 Å². The fourth-order valence-corrected chi connectivity index (χ4v) is 2.27. The van der Waals surface area contributed by atoms with Gasteiger partial charge in [-0.1, -0.05) is 6.92 Å². The van der Waals surface area contributed by atoms with Crippen molar-refractivity contribution in [3.05, 3.63) is 0 Å². The lowest BCUT2D eigenvalue weighted by Gasteiger charge is -2.28. The Hall–Kier alpha value is -0.780. The molecule has 6 heteroatoms. The van der Waals surface area contributed by atoms with Crippen molar-refractivity contribution in [1.82, 2.24) is 5.32 Å². The van der Waals surface area contributed by atoms with E-state index >= 15 is 0 Å². The monoisotopic (exact) mass is 238 g/mol. The van der Waals surface area contributed by atoms with Crippen LogP contribution in [0.15, 0.2) is 0 Å². The molecule has 1 rings (SSSR count). The van der Waals surface area contributed by atoms with Crippen molar-refractivity contribution in [3.8, 4) is 0 Å². The van der Waals surface area contributed by atoms with Crippen LogP contribution >= 0.6 is 0 Å². The van der Waals surface area contributed by atoms with Crippen molar-refractivity contribution in [2.75, 3.05) is 13.1 Å². The molecule has 0 aromatic rings. The van der Waals surface area contributed by atoms with E-state index in [-0.39, 0.29) is 12.3 Å². The molecule has 2 unspecified atom stereocenters. The van der Waals surface area contributed by atoms with Gasteiger partial charge in [0.05, 0.1) is 5.92 Å². The minimum atomic E-state index is -4.12. The average Bonchev–Trinajstić information content (AvgIpc) is 2.44. The van der Waals surface area contributed by atoms with E-state index in [4.69, 9.17) is 5.73 Å². The van der Waals surface area contributed by atoms with E-state index in [2.05, 4.69) is 5.32 Å². The van der Waals surface area contributed by atoms with Crippen molar-refractivity contribution in [2.45, 2.75) is 32.4 Å². The number of halogens is 3. The van der Waals surface area contributed by atoms with Crippen LogP contribution in [0.1, 0.15) is 26.2 Å². The maximum Gasteiger partial charge on any atom is 0.389 e. The number of hydrogen-bond donors (Lipinski definition) is 2. The molecule has 0 saturated carbocycles. The predicted molar refractivity (Wildman–Crippen MR) is 53.6 cm³/mol. The molecule has 94 valence electrons. The maximum absolute atomic E-state index is 12.0. The highest BCUT2D eigenvalue weighted by molar-refractivity contribution is 5.78. The highest BCUT2D eigenvalue weighted by Gasteiger charge is 2.42. The number of hydrogen-bond acceptors (Lipinski definition) is 2. The number of primary amides is 1. The molecule has 3 N–H and O–H groups in total. The fraction of sp³-hybridized carbons (Fsp3) is 0.900. The van der Waals surface area contributed by atoms with Crippen molar-refractivity contribution in [3.63, 3.8) is 0 Å². The lowest BCUT2D eigenvalue weighted by atomic mass is 9.75. The Kier molecular flexibility index (Phi) is 3.83. The quantitative estimate of drug-likeness (QED) is 0.778. The maximum atomic E-state index is 12.0. The van der Waals surface area contributed by atoms with Gasteiger partial charge in [0.2, 0.25) is 5.91 Å². The Morgan fingerprint density at radius 1 is 1.56 bits per heavy atom. The molecule has 0 radical (unpaired) electrons. The van der Waals surface area contributed by atoms with Crippen LogP contribution in [-0.2, 0) is 4.79 Å². The number of nitrogens with two attached hydrogens (primary N) is 1. The van der Waals surface area contributed by atoms with Gasteiger partial charge < -0.3 is 11.1 Å². The molecule has 0 spiro atoms. The molecule has 0 aromatic carbocycles. The zero-order valence-corrected chi connectivity index (χ0v) is 9.23. The smallest absolute Gasteiger partial charge is 0.369 e. The fourth-order valence-electron chi connectivity index (χ4n) is 2.27. The second-order valence-electron chi connectivity index (χ2n) is 4.71. The average molecular weight is 238 g/mol. The third-order valence-corrected chi connectivity index (χ3v) is 3.27. The van der Waals surface area contributed by atoms with Gasteiger partial charge in [-0.15, -0.1) is 0 Å². The van der Waals surface area contributed by atoms with Gasteiger partial charge in [0.15, 0.2) is 0 Å². The van der Waals surface area contributed by atoms with Gasteiger partial charge in [0, 0.05) is 19.5 Å². The van der Waals surface area contributed by atoms with Gasteiger partial charge in [-0.05, 0) is 18.3 Å². The topological polar surface area (TPSA) is 55.1 Å². The molecule has 0 aromatic heterocycles. The first kappa shape index (κ1) is 13.3. The molecule has 2 atom stereocenters. The summed E-state index contributed by atoms with van der Waals surface area (Å²) < 4.78 is 36.0. The summed E-state index contributed by atoms with van der Waals surface area (Å²) in [5, 5.41) is 3.01. The van der Waals surface area contributed by atoms with Gasteiger partial charge >= 0.3 is 6.18 Å². The highest BCUT2D eigenvalue weighted by atomic mass is 19.4. The lowest BCUT2D eigenvalue weighted by molar-refractivity contribution is -0.137. The molecule has 1 heterocycles. The third kappa shape index (κ3) is 3.37. The van der Waals surface area contributed by atoms with Crippen LogP contribution in [0, 0.1) is 11.3 Å². The van der Waals surface area contributed by atoms with Crippen LogP contribution in [0.5, 0.6) is 0 Å². The molecule has 1 saturated heterocycles. The molecular formula is C10H17F3N2O. The second kappa shape index (κ2) is 4.61. The Morgan fingerprint density at radius 2 is 2.19 bits per heavy atom. The molecule has 0 aliphatic carbocycles. The molecule has 1 amide bonds. The van der Waals surface area contributed by atoms with Crippen LogP contribution in [0.2, 0.25) is 0 Å². The van der Waals surface area contributed by atoms with Crippen LogP contribution < -0.4 is 11.1 Å². The Balaban J connectivity index is 2.48. The lowest BCUT2D eigenvalue weighted by Crippen LogP contribution is -2.36. The first-order valence-corrected chi connectivity index (χ1v) is 5.31. The number of nitrogens with one attached hydrogen (secondary N) is 1. The van der Waals surface area contributed by atoms with E-state index in [0.29, 0.717) is 19.5 Å². The van der Waals surface area contributed by atoms with Gasteiger partial charge in [0.25, 0.3) is 0 Å². The first-order valence-electron chi connectivity index (χ1n) is 5.31. The normalized spacial score (nSPS) is 30.6. The van der Waals surface area contributed by atoms with E-state index in [1.165, 1.54) is 0 Å². The molecule has 3 nitrogen and oxygen atoms in total.